The molecule has 2 heterocycles. The third-order valence-electron chi connectivity index (χ3n) is 4.04. The predicted molar refractivity (Wildman–Crippen MR) is 85.1 cm³/mol. The van der Waals surface area contributed by atoms with Crippen LogP contribution in [0, 0.1) is 5.41 Å². The summed E-state index contributed by atoms with van der Waals surface area (Å²) in [5.74, 6) is 2.91. The highest BCUT2D eigenvalue weighted by Gasteiger charge is 2.39. The summed E-state index contributed by atoms with van der Waals surface area (Å²) in [6.07, 6.45) is 1.48. The summed E-state index contributed by atoms with van der Waals surface area (Å²) in [5.41, 5.74) is 1.70. The van der Waals surface area contributed by atoms with Gasteiger partial charge in [0.05, 0.1) is 16.6 Å². The fraction of sp³-hybridized carbons (Fsp3) is 0.562. The Hall–Kier alpha value is -1.00. The molecule has 1 fully saturated rings. The van der Waals surface area contributed by atoms with Crippen LogP contribution in [-0.4, -0.2) is 31.8 Å². The van der Waals surface area contributed by atoms with Crippen molar-refractivity contribution in [2.24, 2.45) is 12.5 Å². The van der Waals surface area contributed by atoms with E-state index in [0.717, 1.165) is 34.8 Å². The summed E-state index contributed by atoms with van der Waals surface area (Å²) < 4.78 is 2.11. The Morgan fingerprint density at radius 2 is 2.05 bits per heavy atom. The van der Waals surface area contributed by atoms with Crippen LogP contribution in [0.15, 0.2) is 24.3 Å². The first kappa shape index (κ1) is 14.0. The van der Waals surface area contributed by atoms with Gasteiger partial charge in [0.15, 0.2) is 0 Å². The summed E-state index contributed by atoms with van der Waals surface area (Å²) >= 11 is 1.85. The fourth-order valence-corrected chi connectivity index (χ4v) is 4.61. The molecule has 1 N–H and O–H groups in total. The zero-order valence-corrected chi connectivity index (χ0v) is 13.2. The number of aliphatic hydroxyl groups is 1. The van der Waals surface area contributed by atoms with E-state index < -0.39 is 5.60 Å². The third-order valence-corrected chi connectivity index (χ3v) is 5.77. The van der Waals surface area contributed by atoms with Crippen LogP contribution < -0.4 is 0 Å². The molecule has 0 bridgehead atoms. The number of para-hydroxylation sites is 2. The average Bonchev–Trinajstić information content (AvgIpc) is 2.65. The normalized spacial score (nSPS) is 26.0. The molecule has 1 atom stereocenters. The maximum absolute atomic E-state index is 10.9. The molecule has 1 aliphatic heterocycles. The molecular weight excluding hydrogens is 268 g/mol. The Bertz CT molecular complexity index is 634. The molecule has 1 saturated heterocycles. The van der Waals surface area contributed by atoms with Gasteiger partial charge in [-0.15, -0.1) is 0 Å². The van der Waals surface area contributed by atoms with E-state index in [1.165, 1.54) is 0 Å². The molecule has 3 rings (SSSR count). The number of aromatic nitrogens is 2. The Balaban J connectivity index is 1.91. The van der Waals surface area contributed by atoms with E-state index in [-0.39, 0.29) is 5.41 Å². The quantitative estimate of drug-likeness (QED) is 0.924. The number of thioether (sulfide) groups is 1. The minimum Gasteiger partial charge on any atom is -0.389 e. The topological polar surface area (TPSA) is 38.0 Å². The molecule has 1 aliphatic rings. The van der Waals surface area contributed by atoms with Crippen LogP contribution in [0.4, 0.5) is 0 Å². The SMILES string of the molecule is Cn1c(CC2(O)CSCC(C)(C)C2)nc2ccccc21. The Morgan fingerprint density at radius 3 is 2.75 bits per heavy atom. The standard InChI is InChI=1S/C16H22N2OS/c1-15(2)9-16(19,11-20-10-15)8-14-17-12-6-4-5-7-13(12)18(14)3/h4-7,19H,8-11H2,1-3H3. The predicted octanol–water partition coefficient (Wildman–Crippen LogP) is 3.01. The summed E-state index contributed by atoms with van der Waals surface area (Å²) in [6, 6.07) is 8.15. The van der Waals surface area contributed by atoms with Gasteiger partial charge in [-0.3, -0.25) is 0 Å². The molecule has 1 unspecified atom stereocenters. The van der Waals surface area contributed by atoms with E-state index in [1.54, 1.807) is 0 Å². The van der Waals surface area contributed by atoms with E-state index in [0.29, 0.717) is 6.42 Å². The average molecular weight is 290 g/mol. The highest BCUT2D eigenvalue weighted by molar-refractivity contribution is 7.99. The lowest BCUT2D eigenvalue weighted by molar-refractivity contribution is 0.0179. The molecule has 108 valence electrons. The van der Waals surface area contributed by atoms with Crippen molar-refractivity contribution in [2.75, 3.05) is 11.5 Å². The van der Waals surface area contributed by atoms with Gasteiger partial charge in [-0.2, -0.15) is 11.8 Å². The van der Waals surface area contributed by atoms with E-state index in [4.69, 9.17) is 4.98 Å². The first-order valence-electron chi connectivity index (χ1n) is 7.09. The number of fused-ring (bicyclic) bond motifs is 1. The van der Waals surface area contributed by atoms with Crippen molar-refractivity contribution in [3.8, 4) is 0 Å². The van der Waals surface area contributed by atoms with Crippen molar-refractivity contribution in [1.82, 2.24) is 9.55 Å². The maximum Gasteiger partial charge on any atom is 0.112 e. The molecule has 0 radical (unpaired) electrons. The highest BCUT2D eigenvalue weighted by atomic mass is 32.2. The van der Waals surface area contributed by atoms with Gasteiger partial charge in [0, 0.05) is 19.2 Å². The molecule has 1 aromatic carbocycles. The molecule has 3 nitrogen and oxygen atoms in total. The Labute approximate surface area is 124 Å². The van der Waals surface area contributed by atoms with E-state index in [2.05, 4.69) is 24.5 Å². The first-order chi connectivity index (χ1) is 9.39. The van der Waals surface area contributed by atoms with Gasteiger partial charge in [0.1, 0.15) is 5.82 Å². The molecule has 2 aromatic rings. The molecule has 4 heteroatoms. The molecule has 0 aliphatic carbocycles. The van der Waals surface area contributed by atoms with Crippen molar-refractivity contribution >= 4 is 22.8 Å². The van der Waals surface area contributed by atoms with Crippen LogP contribution in [0.1, 0.15) is 26.1 Å². The van der Waals surface area contributed by atoms with Gasteiger partial charge in [0.25, 0.3) is 0 Å². The summed E-state index contributed by atoms with van der Waals surface area (Å²) in [7, 11) is 2.04. The minimum atomic E-state index is -0.637. The monoisotopic (exact) mass is 290 g/mol. The lowest BCUT2D eigenvalue weighted by atomic mass is 9.80. The van der Waals surface area contributed by atoms with Crippen LogP contribution in [0.25, 0.3) is 11.0 Å². The molecular formula is C16H22N2OS. The second-order valence-electron chi connectivity index (χ2n) is 6.81. The van der Waals surface area contributed by atoms with Gasteiger partial charge < -0.3 is 9.67 Å². The molecule has 0 saturated carbocycles. The zero-order chi connectivity index (χ0) is 14.4. The smallest absolute Gasteiger partial charge is 0.112 e. The largest absolute Gasteiger partial charge is 0.389 e. The van der Waals surface area contributed by atoms with Gasteiger partial charge in [0.2, 0.25) is 0 Å². The zero-order valence-electron chi connectivity index (χ0n) is 12.4. The fourth-order valence-electron chi connectivity index (χ4n) is 3.27. The lowest BCUT2D eigenvalue weighted by Crippen LogP contribution is -2.44. The van der Waals surface area contributed by atoms with E-state index in [1.807, 2.05) is 37.0 Å². The molecule has 20 heavy (non-hydrogen) atoms. The van der Waals surface area contributed by atoms with Crippen LogP contribution in [0.3, 0.4) is 0 Å². The van der Waals surface area contributed by atoms with E-state index >= 15 is 0 Å². The van der Waals surface area contributed by atoms with Crippen LogP contribution in [-0.2, 0) is 13.5 Å². The summed E-state index contributed by atoms with van der Waals surface area (Å²) in [5, 5.41) is 10.9. The number of hydrogen-bond acceptors (Lipinski definition) is 3. The Morgan fingerprint density at radius 1 is 1.30 bits per heavy atom. The minimum absolute atomic E-state index is 0.197. The maximum atomic E-state index is 10.9. The van der Waals surface area contributed by atoms with Crippen molar-refractivity contribution in [3.05, 3.63) is 30.1 Å². The number of rotatable bonds is 2. The number of nitrogens with zero attached hydrogens (tertiary/aromatic N) is 2. The van der Waals surface area contributed by atoms with E-state index in [9.17, 15) is 5.11 Å². The summed E-state index contributed by atoms with van der Waals surface area (Å²) in [6.45, 7) is 4.47. The second kappa shape index (κ2) is 4.78. The van der Waals surface area contributed by atoms with Crippen molar-refractivity contribution in [3.63, 3.8) is 0 Å². The molecule has 0 spiro atoms. The molecule has 0 amide bonds. The molecule has 1 aromatic heterocycles. The number of hydrogen-bond donors (Lipinski definition) is 1. The third kappa shape index (κ3) is 2.59. The van der Waals surface area contributed by atoms with Gasteiger partial charge in [-0.1, -0.05) is 26.0 Å². The van der Waals surface area contributed by atoms with Crippen LogP contribution >= 0.6 is 11.8 Å². The summed E-state index contributed by atoms with van der Waals surface area (Å²) in [4.78, 5) is 4.69. The van der Waals surface area contributed by atoms with Crippen molar-refractivity contribution in [2.45, 2.75) is 32.3 Å². The number of aryl methyl sites for hydroxylation is 1. The van der Waals surface area contributed by atoms with Crippen LogP contribution in [0.5, 0.6) is 0 Å². The lowest BCUT2D eigenvalue weighted by Gasteiger charge is -2.40. The van der Waals surface area contributed by atoms with Crippen molar-refractivity contribution < 1.29 is 5.11 Å². The second-order valence-corrected chi connectivity index (χ2v) is 7.80. The van der Waals surface area contributed by atoms with Gasteiger partial charge >= 0.3 is 0 Å². The number of imidazole rings is 1. The van der Waals surface area contributed by atoms with Crippen LogP contribution in [0.2, 0.25) is 0 Å². The van der Waals surface area contributed by atoms with Crippen molar-refractivity contribution in [1.29, 1.82) is 0 Å². The van der Waals surface area contributed by atoms with Gasteiger partial charge in [-0.05, 0) is 29.7 Å². The van der Waals surface area contributed by atoms with Gasteiger partial charge in [-0.25, -0.2) is 4.98 Å². The first-order valence-corrected chi connectivity index (χ1v) is 8.25. The number of benzene rings is 1. The Kier molecular flexibility index (Phi) is 3.33. The highest BCUT2D eigenvalue weighted by Crippen LogP contribution is 2.40.